The van der Waals surface area contributed by atoms with Gasteiger partial charge in [0, 0.05) is 25.2 Å². The lowest BCUT2D eigenvalue weighted by Crippen LogP contribution is -2.44. The second-order valence-corrected chi connectivity index (χ2v) is 4.68. The molecule has 13 heavy (non-hydrogen) atoms. The van der Waals surface area contributed by atoms with Crippen LogP contribution in [0.5, 0.6) is 0 Å². The van der Waals surface area contributed by atoms with E-state index >= 15 is 0 Å². The minimum atomic E-state index is 0.881. The standard InChI is InChI=1S/C11H22N2/c1-3-4-5-6-13-9-10-7-11(13)8-12(10)2/h10-11H,3-9H2,1-2H3. The van der Waals surface area contributed by atoms with Crippen molar-refractivity contribution in [1.82, 2.24) is 9.80 Å². The van der Waals surface area contributed by atoms with Crippen molar-refractivity contribution in [2.24, 2.45) is 0 Å². The van der Waals surface area contributed by atoms with Gasteiger partial charge < -0.3 is 4.90 Å². The van der Waals surface area contributed by atoms with Crippen LogP contribution in [0.1, 0.15) is 32.6 Å². The van der Waals surface area contributed by atoms with Gasteiger partial charge in [0.2, 0.25) is 0 Å². The van der Waals surface area contributed by atoms with E-state index in [4.69, 9.17) is 0 Å². The van der Waals surface area contributed by atoms with Crippen molar-refractivity contribution in [3.05, 3.63) is 0 Å². The Balaban J connectivity index is 1.73. The first-order chi connectivity index (χ1) is 6.31. The van der Waals surface area contributed by atoms with Crippen molar-refractivity contribution >= 4 is 0 Å². The summed E-state index contributed by atoms with van der Waals surface area (Å²) >= 11 is 0. The highest BCUT2D eigenvalue weighted by Crippen LogP contribution is 2.29. The molecule has 0 aromatic heterocycles. The van der Waals surface area contributed by atoms with Crippen LogP contribution in [0.25, 0.3) is 0 Å². The molecular formula is C11H22N2. The van der Waals surface area contributed by atoms with E-state index < -0.39 is 0 Å². The zero-order valence-corrected chi connectivity index (χ0v) is 9.00. The first-order valence-corrected chi connectivity index (χ1v) is 5.75. The topological polar surface area (TPSA) is 6.48 Å². The monoisotopic (exact) mass is 182 g/mol. The Morgan fingerprint density at radius 1 is 1.15 bits per heavy atom. The molecule has 0 aliphatic carbocycles. The fourth-order valence-corrected chi connectivity index (χ4v) is 2.79. The number of likely N-dealkylation sites (tertiary alicyclic amines) is 2. The number of unbranched alkanes of at least 4 members (excludes halogenated alkanes) is 2. The number of piperazine rings is 1. The Hall–Kier alpha value is -0.0800. The predicted molar refractivity (Wildman–Crippen MR) is 55.9 cm³/mol. The first kappa shape index (κ1) is 9.47. The third-order valence-electron chi connectivity index (χ3n) is 3.68. The normalized spacial score (nSPS) is 34.6. The van der Waals surface area contributed by atoms with Crippen LogP contribution in [0, 0.1) is 0 Å². The molecule has 0 aromatic carbocycles. The maximum atomic E-state index is 2.71. The van der Waals surface area contributed by atoms with Crippen LogP contribution in [0.4, 0.5) is 0 Å². The molecule has 0 spiro atoms. The molecule has 2 atom stereocenters. The van der Waals surface area contributed by atoms with E-state index in [1.165, 1.54) is 45.3 Å². The summed E-state index contributed by atoms with van der Waals surface area (Å²) in [5, 5.41) is 0. The minimum Gasteiger partial charge on any atom is -0.301 e. The highest BCUT2D eigenvalue weighted by atomic mass is 15.3. The third kappa shape index (κ3) is 1.89. The molecule has 2 fully saturated rings. The van der Waals surface area contributed by atoms with E-state index in [-0.39, 0.29) is 0 Å². The Kier molecular flexibility index (Phi) is 2.89. The van der Waals surface area contributed by atoms with Gasteiger partial charge in [-0.3, -0.25) is 4.90 Å². The van der Waals surface area contributed by atoms with Crippen LogP contribution < -0.4 is 0 Å². The number of rotatable bonds is 4. The van der Waals surface area contributed by atoms with Crippen molar-refractivity contribution in [3.8, 4) is 0 Å². The van der Waals surface area contributed by atoms with Gasteiger partial charge in [-0.25, -0.2) is 0 Å². The number of fused-ring (bicyclic) bond motifs is 2. The molecule has 2 aliphatic heterocycles. The van der Waals surface area contributed by atoms with Gasteiger partial charge in [0.1, 0.15) is 0 Å². The molecule has 2 heteroatoms. The van der Waals surface area contributed by atoms with Crippen LogP contribution in [-0.4, -0.2) is 48.6 Å². The van der Waals surface area contributed by atoms with Gasteiger partial charge in [0.25, 0.3) is 0 Å². The molecule has 0 radical (unpaired) electrons. The third-order valence-corrected chi connectivity index (χ3v) is 3.68. The summed E-state index contributed by atoms with van der Waals surface area (Å²) < 4.78 is 0. The zero-order valence-electron chi connectivity index (χ0n) is 9.00. The van der Waals surface area contributed by atoms with Crippen molar-refractivity contribution in [2.45, 2.75) is 44.7 Å². The number of hydrogen-bond donors (Lipinski definition) is 0. The molecule has 76 valence electrons. The van der Waals surface area contributed by atoms with E-state index in [2.05, 4.69) is 23.8 Å². The van der Waals surface area contributed by atoms with Gasteiger partial charge >= 0.3 is 0 Å². The number of likely N-dealkylation sites (N-methyl/N-ethyl adjacent to an activating group) is 1. The summed E-state index contributed by atoms with van der Waals surface area (Å²) in [4.78, 5) is 5.24. The Labute approximate surface area is 81.9 Å². The number of nitrogens with zero attached hydrogens (tertiary/aromatic N) is 2. The van der Waals surface area contributed by atoms with Crippen LogP contribution in [0.2, 0.25) is 0 Å². The first-order valence-electron chi connectivity index (χ1n) is 5.75. The van der Waals surface area contributed by atoms with Crippen LogP contribution in [0.3, 0.4) is 0 Å². The fourth-order valence-electron chi connectivity index (χ4n) is 2.79. The molecule has 2 saturated heterocycles. The molecule has 0 N–H and O–H groups in total. The van der Waals surface area contributed by atoms with E-state index in [0.717, 1.165) is 12.1 Å². The zero-order chi connectivity index (χ0) is 9.26. The average Bonchev–Trinajstić information content (AvgIpc) is 2.63. The maximum Gasteiger partial charge on any atom is 0.0239 e. The molecule has 2 bridgehead atoms. The molecule has 0 aromatic rings. The van der Waals surface area contributed by atoms with Gasteiger partial charge in [-0.2, -0.15) is 0 Å². The van der Waals surface area contributed by atoms with E-state index in [1.807, 2.05) is 0 Å². The highest BCUT2D eigenvalue weighted by molar-refractivity contribution is 4.97. The average molecular weight is 182 g/mol. The van der Waals surface area contributed by atoms with Crippen LogP contribution in [-0.2, 0) is 0 Å². The van der Waals surface area contributed by atoms with E-state index in [9.17, 15) is 0 Å². The van der Waals surface area contributed by atoms with Gasteiger partial charge in [0.15, 0.2) is 0 Å². The Morgan fingerprint density at radius 3 is 2.54 bits per heavy atom. The van der Waals surface area contributed by atoms with Crippen molar-refractivity contribution in [2.75, 3.05) is 26.7 Å². The summed E-state index contributed by atoms with van der Waals surface area (Å²) in [5.74, 6) is 0. The lowest BCUT2D eigenvalue weighted by Gasteiger charge is -2.31. The Morgan fingerprint density at radius 2 is 2.00 bits per heavy atom. The van der Waals surface area contributed by atoms with E-state index in [0.29, 0.717) is 0 Å². The molecule has 2 aliphatic rings. The second kappa shape index (κ2) is 3.97. The summed E-state index contributed by atoms with van der Waals surface area (Å²) in [5.41, 5.74) is 0. The molecular weight excluding hydrogens is 160 g/mol. The maximum absolute atomic E-state index is 2.71. The summed E-state index contributed by atoms with van der Waals surface area (Å²) in [6.07, 6.45) is 5.59. The van der Waals surface area contributed by atoms with Crippen LogP contribution in [0.15, 0.2) is 0 Å². The van der Waals surface area contributed by atoms with Gasteiger partial charge in [0.05, 0.1) is 0 Å². The lowest BCUT2D eigenvalue weighted by molar-refractivity contribution is 0.147. The lowest BCUT2D eigenvalue weighted by atomic mass is 10.2. The van der Waals surface area contributed by atoms with Gasteiger partial charge in [-0.15, -0.1) is 0 Å². The molecule has 0 saturated carbocycles. The SMILES string of the molecule is CCCCCN1CC2CC1CN2C. The molecule has 2 nitrogen and oxygen atoms in total. The fraction of sp³-hybridized carbons (Fsp3) is 1.00. The Bertz CT molecular complexity index is 167. The predicted octanol–water partition coefficient (Wildman–Crippen LogP) is 1.56. The van der Waals surface area contributed by atoms with Gasteiger partial charge in [-0.1, -0.05) is 19.8 Å². The highest BCUT2D eigenvalue weighted by Gasteiger charge is 2.40. The van der Waals surface area contributed by atoms with Crippen molar-refractivity contribution < 1.29 is 0 Å². The smallest absolute Gasteiger partial charge is 0.0239 e. The van der Waals surface area contributed by atoms with E-state index in [1.54, 1.807) is 0 Å². The molecule has 0 amide bonds. The summed E-state index contributed by atoms with van der Waals surface area (Å²) in [7, 11) is 2.27. The van der Waals surface area contributed by atoms with Crippen LogP contribution >= 0.6 is 0 Å². The molecule has 2 rings (SSSR count). The summed E-state index contributed by atoms with van der Waals surface area (Å²) in [6.45, 7) is 6.29. The molecule has 2 heterocycles. The minimum absolute atomic E-state index is 0.881. The quantitative estimate of drug-likeness (QED) is 0.609. The van der Waals surface area contributed by atoms with Crippen molar-refractivity contribution in [3.63, 3.8) is 0 Å². The molecule has 2 unspecified atom stereocenters. The second-order valence-electron chi connectivity index (χ2n) is 4.68. The summed E-state index contributed by atoms with van der Waals surface area (Å²) in [6, 6.07) is 1.78. The van der Waals surface area contributed by atoms with Gasteiger partial charge in [-0.05, 0) is 26.4 Å². The van der Waals surface area contributed by atoms with Crippen molar-refractivity contribution in [1.29, 1.82) is 0 Å². The number of hydrogen-bond acceptors (Lipinski definition) is 2. The largest absolute Gasteiger partial charge is 0.301 e.